The molecule has 0 radical (unpaired) electrons. The van der Waals surface area contributed by atoms with E-state index in [0.29, 0.717) is 18.2 Å². The summed E-state index contributed by atoms with van der Waals surface area (Å²) in [5, 5.41) is 23.5. The van der Waals surface area contributed by atoms with E-state index in [1.165, 1.54) is 25.3 Å². The zero-order valence-corrected chi connectivity index (χ0v) is 11.9. The summed E-state index contributed by atoms with van der Waals surface area (Å²) in [7, 11) is 0. The molecule has 1 aliphatic rings. The Morgan fingerprint density at radius 3 is 2.71 bits per heavy atom. The van der Waals surface area contributed by atoms with Crippen LogP contribution >= 0.6 is 0 Å². The third-order valence-corrected chi connectivity index (χ3v) is 4.15. The van der Waals surface area contributed by atoms with Crippen LogP contribution in [0.3, 0.4) is 0 Å². The number of hydrogen-bond donors (Lipinski definition) is 2. The van der Waals surface area contributed by atoms with Crippen molar-refractivity contribution in [3.05, 3.63) is 33.9 Å². The van der Waals surface area contributed by atoms with Crippen LogP contribution in [0.15, 0.2) is 18.2 Å². The molecule has 0 amide bonds. The Morgan fingerprint density at radius 1 is 1.43 bits per heavy atom. The van der Waals surface area contributed by atoms with E-state index in [2.05, 4.69) is 5.32 Å². The molecule has 1 saturated carbocycles. The van der Waals surface area contributed by atoms with Gasteiger partial charge in [0.05, 0.1) is 4.92 Å². The zero-order valence-electron chi connectivity index (χ0n) is 11.9. The van der Waals surface area contributed by atoms with Gasteiger partial charge in [0.1, 0.15) is 17.3 Å². The second-order valence-corrected chi connectivity index (χ2v) is 5.46. The Kier molecular flexibility index (Phi) is 5.12. The van der Waals surface area contributed by atoms with Gasteiger partial charge < -0.3 is 11.1 Å². The number of nitrogens with zero attached hydrogens (tertiary/aromatic N) is 2. The molecule has 1 aliphatic carbocycles. The van der Waals surface area contributed by atoms with Gasteiger partial charge in [-0.2, -0.15) is 5.26 Å². The highest BCUT2D eigenvalue weighted by Gasteiger charge is 2.26. The number of nitro benzene ring substituents is 1. The Balaban J connectivity index is 2.25. The monoisotopic (exact) mass is 288 g/mol. The highest BCUT2D eigenvalue weighted by Crippen LogP contribution is 2.32. The van der Waals surface area contributed by atoms with Gasteiger partial charge in [0.2, 0.25) is 0 Å². The van der Waals surface area contributed by atoms with E-state index in [-0.39, 0.29) is 17.3 Å². The van der Waals surface area contributed by atoms with Crippen molar-refractivity contribution in [3.63, 3.8) is 0 Å². The Hall–Kier alpha value is -2.13. The third kappa shape index (κ3) is 3.50. The molecule has 1 atom stereocenters. The first-order chi connectivity index (χ1) is 10.2. The molecule has 1 fully saturated rings. The second-order valence-electron chi connectivity index (χ2n) is 5.46. The van der Waals surface area contributed by atoms with Crippen molar-refractivity contribution in [2.45, 2.75) is 38.1 Å². The number of nitrogens with two attached hydrogens (primary N) is 1. The quantitative estimate of drug-likeness (QED) is 0.640. The molecular weight excluding hydrogens is 268 g/mol. The predicted molar refractivity (Wildman–Crippen MR) is 80.9 cm³/mol. The minimum Gasteiger partial charge on any atom is -0.375 e. The smallest absolute Gasteiger partial charge is 0.309 e. The molecule has 2 rings (SSSR count). The maximum atomic E-state index is 11.2. The van der Waals surface area contributed by atoms with Crippen LogP contribution in [0.5, 0.6) is 0 Å². The highest BCUT2D eigenvalue weighted by atomic mass is 16.6. The summed E-state index contributed by atoms with van der Waals surface area (Å²) in [6.07, 6.45) is 5.81. The van der Waals surface area contributed by atoms with Crippen LogP contribution < -0.4 is 11.1 Å². The van der Waals surface area contributed by atoms with E-state index in [1.807, 2.05) is 6.07 Å². The van der Waals surface area contributed by atoms with Crippen molar-refractivity contribution in [3.8, 4) is 6.07 Å². The molecule has 6 nitrogen and oxygen atoms in total. The summed E-state index contributed by atoms with van der Waals surface area (Å²) >= 11 is 0. The van der Waals surface area contributed by atoms with Crippen LogP contribution in [0.4, 0.5) is 11.4 Å². The number of rotatable bonds is 5. The number of nitriles is 1. The molecular formula is C15H20N4O2. The van der Waals surface area contributed by atoms with Crippen molar-refractivity contribution < 1.29 is 4.92 Å². The first-order valence-corrected chi connectivity index (χ1v) is 7.31. The van der Waals surface area contributed by atoms with Crippen LogP contribution in [0, 0.1) is 27.4 Å². The van der Waals surface area contributed by atoms with Gasteiger partial charge in [0.15, 0.2) is 0 Å². The second kappa shape index (κ2) is 7.04. The molecule has 1 aromatic carbocycles. The minimum atomic E-state index is -0.505. The van der Waals surface area contributed by atoms with Crippen LogP contribution in [0.25, 0.3) is 0 Å². The van der Waals surface area contributed by atoms with Gasteiger partial charge in [-0.1, -0.05) is 25.3 Å². The molecule has 0 aromatic heterocycles. The third-order valence-electron chi connectivity index (χ3n) is 4.15. The first-order valence-electron chi connectivity index (χ1n) is 7.31. The van der Waals surface area contributed by atoms with E-state index in [1.54, 1.807) is 12.1 Å². The number of nitro groups is 1. The zero-order chi connectivity index (χ0) is 15.2. The van der Waals surface area contributed by atoms with Crippen LogP contribution in [0.1, 0.15) is 37.7 Å². The molecule has 0 spiro atoms. The van der Waals surface area contributed by atoms with E-state index in [0.717, 1.165) is 12.8 Å². The molecule has 112 valence electrons. The van der Waals surface area contributed by atoms with E-state index < -0.39 is 4.92 Å². The molecule has 0 saturated heterocycles. The fraction of sp³-hybridized carbons (Fsp3) is 0.533. The van der Waals surface area contributed by atoms with E-state index in [4.69, 9.17) is 11.0 Å². The standard InChI is InChI=1S/C15H20N4O2/c16-9-12-7-4-8-13(15(12)19(20)21)18-14(10-17)11-5-2-1-3-6-11/h4,7-8,11,14,18H,1-3,5-6,10,17H2. The summed E-state index contributed by atoms with van der Waals surface area (Å²) in [4.78, 5) is 10.7. The summed E-state index contributed by atoms with van der Waals surface area (Å²) in [5.74, 6) is 0.439. The normalized spacial score (nSPS) is 17.0. The number of benzene rings is 1. The average molecular weight is 288 g/mol. The maximum Gasteiger partial charge on any atom is 0.309 e. The molecule has 6 heteroatoms. The Labute approximate surface area is 124 Å². The van der Waals surface area contributed by atoms with Crippen molar-refractivity contribution in [1.82, 2.24) is 0 Å². The molecule has 0 heterocycles. The fourth-order valence-corrected chi connectivity index (χ4v) is 3.05. The van der Waals surface area contributed by atoms with E-state index >= 15 is 0 Å². The number of hydrogen-bond acceptors (Lipinski definition) is 5. The van der Waals surface area contributed by atoms with E-state index in [9.17, 15) is 10.1 Å². The first kappa shape index (κ1) is 15.3. The number of nitrogens with one attached hydrogen (secondary N) is 1. The molecule has 3 N–H and O–H groups in total. The van der Waals surface area contributed by atoms with Crippen molar-refractivity contribution >= 4 is 11.4 Å². The van der Waals surface area contributed by atoms with Gasteiger partial charge in [-0.15, -0.1) is 0 Å². The Bertz CT molecular complexity index is 547. The van der Waals surface area contributed by atoms with Crippen LogP contribution in [-0.4, -0.2) is 17.5 Å². The minimum absolute atomic E-state index is 0.0120. The molecule has 1 aromatic rings. The largest absolute Gasteiger partial charge is 0.375 e. The summed E-state index contributed by atoms with van der Waals surface area (Å²) in [6.45, 7) is 0.429. The number of para-hydroxylation sites is 1. The van der Waals surface area contributed by atoms with Crippen molar-refractivity contribution in [2.75, 3.05) is 11.9 Å². The molecule has 1 unspecified atom stereocenters. The maximum absolute atomic E-state index is 11.2. The van der Waals surface area contributed by atoms with Gasteiger partial charge >= 0.3 is 5.69 Å². The Morgan fingerprint density at radius 2 is 2.14 bits per heavy atom. The average Bonchev–Trinajstić information content (AvgIpc) is 2.52. The molecule has 0 aliphatic heterocycles. The topological polar surface area (TPSA) is 105 Å². The highest BCUT2D eigenvalue weighted by molar-refractivity contribution is 5.68. The van der Waals surface area contributed by atoms with Crippen molar-refractivity contribution in [1.29, 1.82) is 5.26 Å². The van der Waals surface area contributed by atoms with Gasteiger partial charge in [-0.05, 0) is 30.9 Å². The summed E-state index contributed by atoms with van der Waals surface area (Å²) in [6, 6.07) is 6.65. The summed E-state index contributed by atoms with van der Waals surface area (Å²) < 4.78 is 0. The van der Waals surface area contributed by atoms with Gasteiger partial charge in [-0.25, -0.2) is 0 Å². The van der Waals surface area contributed by atoms with Gasteiger partial charge in [0.25, 0.3) is 0 Å². The van der Waals surface area contributed by atoms with Crippen LogP contribution in [-0.2, 0) is 0 Å². The van der Waals surface area contributed by atoms with Gasteiger partial charge in [-0.3, -0.25) is 10.1 Å². The predicted octanol–water partition coefficient (Wildman–Crippen LogP) is 2.79. The van der Waals surface area contributed by atoms with Gasteiger partial charge in [0, 0.05) is 12.6 Å². The fourth-order valence-electron chi connectivity index (χ4n) is 3.05. The lowest BCUT2D eigenvalue weighted by molar-refractivity contribution is -0.384. The molecule has 0 bridgehead atoms. The lowest BCUT2D eigenvalue weighted by Crippen LogP contribution is -2.37. The van der Waals surface area contributed by atoms with Crippen LogP contribution in [0.2, 0.25) is 0 Å². The SMILES string of the molecule is N#Cc1cccc(NC(CN)C2CCCCC2)c1[N+](=O)[O-]. The summed E-state index contributed by atoms with van der Waals surface area (Å²) in [5.41, 5.74) is 6.16. The van der Waals surface area contributed by atoms with Crippen molar-refractivity contribution in [2.24, 2.45) is 11.7 Å². The number of anilines is 1. The lowest BCUT2D eigenvalue weighted by atomic mass is 9.83. The lowest BCUT2D eigenvalue weighted by Gasteiger charge is -2.30. The molecule has 21 heavy (non-hydrogen) atoms.